The van der Waals surface area contributed by atoms with E-state index in [0.717, 1.165) is 0 Å². The van der Waals surface area contributed by atoms with Crippen LogP contribution < -0.4 is 10.5 Å². The molecule has 0 spiro atoms. The number of aromatic nitrogens is 1. The van der Waals surface area contributed by atoms with Crippen LogP contribution in [-0.4, -0.2) is 11.1 Å². The molecule has 0 atom stereocenters. The molecule has 2 N–H and O–H groups in total. The van der Waals surface area contributed by atoms with Crippen LogP contribution >= 0.6 is 0 Å². The Morgan fingerprint density at radius 2 is 2.29 bits per heavy atom. The summed E-state index contributed by atoms with van der Waals surface area (Å²) in [5.41, 5.74) is 6.34. The maximum atomic E-state index is 10.4. The molecular weight excluding hydrogens is 180 g/mol. The van der Waals surface area contributed by atoms with E-state index in [-0.39, 0.29) is 11.3 Å². The van der Waals surface area contributed by atoms with Gasteiger partial charge in [0.25, 0.3) is 0 Å². The zero-order chi connectivity index (χ0) is 10.2. The van der Waals surface area contributed by atoms with E-state index in [0.29, 0.717) is 0 Å². The first-order valence-electron chi connectivity index (χ1n) is 4.54. The number of rotatable bonds is 2. The highest BCUT2D eigenvalue weighted by Gasteiger charge is 2.39. The van der Waals surface area contributed by atoms with Crippen LogP contribution in [0.1, 0.15) is 25.3 Å². The Hall–Kier alpha value is -1.58. The minimum Gasteiger partial charge on any atom is -0.391 e. The van der Waals surface area contributed by atoms with Crippen molar-refractivity contribution in [2.24, 2.45) is 5.73 Å². The Bertz CT molecular complexity index is 355. The number of primary amides is 1. The summed E-state index contributed by atoms with van der Waals surface area (Å²) in [7, 11) is 0. The lowest BCUT2D eigenvalue weighted by Gasteiger charge is -2.07. The van der Waals surface area contributed by atoms with Gasteiger partial charge in [-0.2, -0.15) is 0 Å². The van der Waals surface area contributed by atoms with Crippen LogP contribution in [0.5, 0.6) is 5.88 Å². The summed E-state index contributed by atoms with van der Waals surface area (Å²) in [4.78, 5) is 14.4. The third kappa shape index (κ3) is 1.69. The maximum Gasteiger partial charge on any atom is 0.411 e. The fraction of sp³-hybridized carbons (Fsp3) is 0.400. The molecule has 1 fully saturated rings. The van der Waals surface area contributed by atoms with E-state index in [1.54, 1.807) is 12.3 Å². The second-order valence-corrected chi connectivity index (χ2v) is 3.87. The molecule has 4 heteroatoms. The summed E-state index contributed by atoms with van der Waals surface area (Å²) in [6, 6.07) is 3.60. The predicted molar refractivity (Wildman–Crippen MR) is 51.0 cm³/mol. The number of nitrogens with zero attached hydrogens (tertiary/aromatic N) is 1. The molecule has 4 nitrogen and oxygen atoms in total. The minimum atomic E-state index is -0.831. The van der Waals surface area contributed by atoms with Crippen LogP contribution in [0, 0.1) is 0 Å². The average Bonchev–Trinajstić information content (AvgIpc) is 2.85. The number of amides is 1. The molecular formula is C10H12N2O2. The number of pyridine rings is 1. The van der Waals surface area contributed by atoms with E-state index in [4.69, 9.17) is 5.73 Å². The topological polar surface area (TPSA) is 65.2 Å². The Kier molecular flexibility index (Phi) is 1.91. The highest BCUT2D eigenvalue weighted by molar-refractivity contribution is 5.67. The lowest BCUT2D eigenvalue weighted by molar-refractivity contribution is 0.209. The second kappa shape index (κ2) is 2.97. The first-order chi connectivity index (χ1) is 6.60. The standard InChI is InChI=1S/C10H12N2O2/c1-10(4-5-10)7-2-3-8(12-6-7)14-9(11)13/h2-3,6H,4-5H2,1H3,(H2,11,13). The molecule has 0 aliphatic heterocycles. The summed E-state index contributed by atoms with van der Waals surface area (Å²) < 4.78 is 4.63. The molecule has 1 aliphatic carbocycles. The third-order valence-corrected chi connectivity index (χ3v) is 2.64. The number of carbonyl (C=O) groups is 1. The number of nitrogens with two attached hydrogens (primary N) is 1. The van der Waals surface area contributed by atoms with Crippen molar-refractivity contribution in [3.05, 3.63) is 23.9 Å². The summed E-state index contributed by atoms with van der Waals surface area (Å²) in [5, 5.41) is 0. The second-order valence-electron chi connectivity index (χ2n) is 3.87. The van der Waals surface area contributed by atoms with Crippen molar-refractivity contribution in [1.29, 1.82) is 0 Å². The summed E-state index contributed by atoms with van der Waals surface area (Å²) >= 11 is 0. The molecule has 1 aromatic heterocycles. The lowest BCUT2D eigenvalue weighted by Crippen LogP contribution is -2.17. The fourth-order valence-electron chi connectivity index (χ4n) is 1.38. The van der Waals surface area contributed by atoms with Crippen LogP contribution in [0.15, 0.2) is 18.3 Å². The highest BCUT2D eigenvalue weighted by atomic mass is 16.6. The van der Waals surface area contributed by atoms with Crippen molar-refractivity contribution in [3.8, 4) is 5.88 Å². The summed E-state index contributed by atoms with van der Waals surface area (Å²) in [6.07, 6.45) is 3.31. The van der Waals surface area contributed by atoms with Crippen molar-refractivity contribution in [1.82, 2.24) is 4.98 Å². The Labute approximate surface area is 82.1 Å². The zero-order valence-corrected chi connectivity index (χ0v) is 7.99. The average molecular weight is 192 g/mol. The molecule has 74 valence electrons. The van der Waals surface area contributed by atoms with Crippen molar-refractivity contribution < 1.29 is 9.53 Å². The molecule has 0 saturated heterocycles. The van der Waals surface area contributed by atoms with E-state index >= 15 is 0 Å². The largest absolute Gasteiger partial charge is 0.411 e. The molecule has 1 aromatic rings. The monoisotopic (exact) mass is 192 g/mol. The van der Waals surface area contributed by atoms with Crippen LogP contribution in [0.2, 0.25) is 0 Å². The molecule has 1 saturated carbocycles. The van der Waals surface area contributed by atoms with Gasteiger partial charge in [0.15, 0.2) is 0 Å². The first-order valence-corrected chi connectivity index (χ1v) is 4.54. The highest BCUT2D eigenvalue weighted by Crippen LogP contribution is 2.47. The molecule has 1 amide bonds. The van der Waals surface area contributed by atoms with Gasteiger partial charge in [0.1, 0.15) is 0 Å². The van der Waals surface area contributed by atoms with E-state index in [2.05, 4.69) is 16.6 Å². The molecule has 1 heterocycles. The van der Waals surface area contributed by atoms with Gasteiger partial charge in [0.2, 0.25) is 5.88 Å². The quantitative estimate of drug-likeness (QED) is 0.773. The Morgan fingerprint density at radius 3 is 2.71 bits per heavy atom. The molecule has 2 rings (SSSR count). The SMILES string of the molecule is CC1(c2ccc(OC(N)=O)nc2)CC1. The van der Waals surface area contributed by atoms with Crippen molar-refractivity contribution >= 4 is 6.09 Å². The van der Waals surface area contributed by atoms with Gasteiger partial charge in [-0.25, -0.2) is 9.78 Å². The molecule has 14 heavy (non-hydrogen) atoms. The Morgan fingerprint density at radius 1 is 1.57 bits per heavy atom. The predicted octanol–water partition coefficient (Wildman–Crippen LogP) is 1.59. The minimum absolute atomic E-state index is 0.255. The van der Waals surface area contributed by atoms with E-state index in [9.17, 15) is 4.79 Å². The van der Waals surface area contributed by atoms with E-state index < -0.39 is 6.09 Å². The van der Waals surface area contributed by atoms with Crippen LogP contribution in [0.3, 0.4) is 0 Å². The van der Waals surface area contributed by atoms with Crippen molar-refractivity contribution in [2.75, 3.05) is 0 Å². The summed E-state index contributed by atoms with van der Waals surface area (Å²) in [6.45, 7) is 2.19. The molecule has 0 aromatic carbocycles. The molecule has 0 unspecified atom stereocenters. The van der Waals surface area contributed by atoms with Gasteiger partial charge in [-0.3, -0.25) is 0 Å². The summed E-state index contributed by atoms with van der Waals surface area (Å²) in [5.74, 6) is 0.255. The van der Waals surface area contributed by atoms with E-state index in [1.165, 1.54) is 18.4 Å². The number of carbonyl (C=O) groups excluding carboxylic acids is 1. The maximum absolute atomic E-state index is 10.4. The molecule has 1 aliphatic rings. The van der Waals surface area contributed by atoms with Crippen molar-refractivity contribution in [2.45, 2.75) is 25.2 Å². The van der Waals surface area contributed by atoms with Crippen LogP contribution in [0.25, 0.3) is 0 Å². The van der Waals surface area contributed by atoms with Gasteiger partial charge >= 0.3 is 6.09 Å². The number of hydrogen-bond donors (Lipinski definition) is 1. The van der Waals surface area contributed by atoms with Gasteiger partial charge < -0.3 is 10.5 Å². The third-order valence-electron chi connectivity index (χ3n) is 2.64. The van der Waals surface area contributed by atoms with Gasteiger partial charge in [-0.15, -0.1) is 0 Å². The Balaban J connectivity index is 2.14. The lowest BCUT2D eigenvalue weighted by atomic mass is 10.0. The zero-order valence-electron chi connectivity index (χ0n) is 7.99. The number of ether oxygens (including phenoxy) is 1. The van der Waals surface area contributed by atoms with E-state index in [1.807, 2.05) is 6.07 Å². The molecule has 0 bridgehead atoms. The fourth-order valence-corrected chi connectivity index (χ4v) is 1.38. The number of hydrogen-bond acceptors (Lipinski definition) is 3. The van der Waals surface area contributed by atoms with Crippen LogP contribution in [0.4, 0.5) is 4.79 Å². The normalized spacial score (nSPS) is 17.5. The van der Waals surface area contributed by atoms with Gasteiger partial charge in [0.05, 0.1) is 0 Å². The van der Waals surface area contributed by atoms with Crippen molar-refractivity contribution in [3.63, 3.8) is 0 Å². The van der Waals surface area contributed by atoms with Gasteiger partial charge in [0, 0.05) is 12.3 Å². The molecule has 0 radical (unpaired) electrons. The van der Waals surface area contributed by atoms with Gasteiger partial charge in [-0.05, 0) is 23.8 Å². The first kappa shape index (κ1) is 8.99. The van der Waals surface area contributed by atoms with Gasteiger partial charge in [-0.1, -0.05) is 13.0 Å². The van der Waals surface area contributed by atoms with Crippen LogP contribution in [-0.2, 0) is 5.41 Å². The smallest absolute Gasteiger partial charge is 0.391 e.